The molecule has 2 nitrogen and oxygen atoms in total. The number of benzene rings is 1. The van der Waals surface area contributed by atoms with Gasteiger partial charge in [-0.25, -0.2) is 0 Å². The van der Waals surface area contributed by atoms with Gasteiger partial charge < -0.3 is 10.2 Å². The Balaban J connectivity index is 2.09. The molecule has 1 aliphatic rings. The average Bonchev–Trinajstić information content (AvgIpc) is 2.37. The molecule has 1 aromatic rings. The van der Waals surface area contributed by atoms with Gasteiger partial charge in [0.05, 0.1) is 0 Å². The van der Waals surface area contributed by atoms with Crippen LogP contribution in [0.5, 0.6) is 0 Å². The Morgan fingerprint density at radius 1 is 1.25 bits per heavy atom. The minimum atomic E-state index is 0.173. The third-order valence-corrected chi connectivity index (χ3v) is 4.27. The molecule has 1 atom stereocenters. The van der Waals surface area contributed by atoms with E-state index in [2.05, 4.69) is 63.0 Å². The molecule has 0 radical (unpaired) electrons. The average molecular weight is 274 g/mol. The Morgan fingerprint density at radius 3 is 2.60 bits per heavy atom. The minimum absolute atomic E-state index is 0.173. The van der Waals surface area contributed by atoms with E-state index in [4.69, 9.17) is 0 Å². The molecule has 0 aromatic heterocycles. The minimum Gasteiger partial charge on any atom is -0.369 e. The van der Waals surface area contributed by atoms with Crippen molar-refractivity contribution in [1.29, 1.82) is 0 Å². The van der Waals surface area contributed by atoms with Gasteiger partial charge in [0.2, 0.25) is 0 Å². The Bertz CT molecular complexity index is 445. The van der Waals surface area contributed by atoms with Crippen LogP contribution in [0.25, 0.3) is 0 Å². The van der Waals surface area contributed by atoms with Crippen LogP contribution < -0.4 is 10.2 Å². The summed E-state index contributed by atoms with van der Waals surface area (Å²) in [5, 5.41) is 3.57. The maximum atomic E-state index is 3.57. The van der Waals surface area contributed by atoms with Crippen molar-refractivity contribution in [2.75, 3.05) is 11.4 Å². The van der Waals surface area contributed by atoms with Gasteiger partial charge in [-0.05, 0) is 77.1 Å². The highest BCUT2D eigenvalue weighted by atomic mass is 15.2. The predicted octanol–water partition coefficient (Wildman–Crippen LogP) is 4.26. The fourth-order valence-electron chi connectivity index (χ4n) is 2.90. The lowest BCUT2D eigenvalue weighted by Crippen LogP contribution is -2.37. The number of piperidine rings is 1. The molecular weight excluding hydrogens is 244 g/mol. The van der Waals surface area contributed by atoms with Crippen LogP contribution in [0.1, 0.15) is 58.1 Å². The molecule has 1 heterocycles. The van der Waals surface area contributed by atoms with Crippen LogP contribution in [0, 0.1) is 6.92 Å². The zero-order valence-corrected chi connectivity index (χ0v) is 13.8. The first-order chi connectivity index (χ1) is 9.37. The maximum absolute atomic E-state index is 3.57. The summed E-state index contributed by atoms with van der Waals surface area (Å²) in [5.74, 6) is 0. The molecule has 1 saturated heterocycles. The predicted molar refractivity (Wildman–Crippen MR) is 88.4 cm³/mol. The van der Waals surface area contributed by atoms with Crippen molar-refractivity contribution in [3.63, 3.8) is 0 Å². The summed E-state index contributed by atoms with van der Waals surface area (Å²) < 4.78 is 0. The summed E-state index contributed by atoms with van der Waals surface area (Å²) in [5.41, 5.74) is 4.38. The second-order valence-corrected chi connectivity index (χ2v) is 7.25. The number of aryl methyl sites for hydroxylation is 1. The Morgan fingerprint density at radius 2 is 2.00 bits per heavy atom. The summed E-state index contributed by atoms with van der Waals surface area (Å²) >= 11 is 0. The standard InChI is InChI=1S/C18H30N2/c1-14-12-17(20-11-7-6-8-15(20)2)10-9-16(14)13-19-18(3,4)5/h9-10,12,15,19H,6-8,11,13H2,1-5H3. The van der Waals surface area contributed by atoms with Crippen LogP contribution in [0.2, 0.25) is 0 Å². The second-order valence-electron chi connectivity index (χ2n) is 7.25. The highest BCUT2D eigenvalue weighted by molar-refractivity contribution is 5.51. The van der Waals surface area contributed by atoms with Crippen LogP contribution in [0.4, 0.5) is 5.69 Å². The van der Waals surface area contributed by atoms with E-state index in [1.165, 1.54) is 42.6 Å². The topological polar surface area (TPSA) is 15.3 Å². The third-order valence-electron chi connectivity index (χ3n) is 4.27. The second kappa shape index (κ2) is 6.17. The lowest BCUT2D eigenvalue weighted by molar-refractivity contribution is 0.424. The van der Waals surface area contributed by atoms with Gasteiger partial charge in [-0.2, -0.15) is 0 Å². The Kier molecular flexibility index (Phi) is 4.74. The number of hydrogen-bond donors (Lipinski definition) is 1. The number of anilines is 1. The summed E-state index contributed by atoms with van der Waals surface area (Å²) in [4.78, 5) is 2.57. The van der Waals surface area contributed by atoms with E-state index in [0.717, 1.165) is 6.54 Å². The number of nitrogens with one attached hydrogen (secondary N) is 1. The van der Waals surface area contributed by atoms with Crippen LogP contribution in [-0.4, -0.2) is 18.1 Å². The van der Waals surface area contributed by atoms with E-state index >= 15 is 0 Å². The molecule has 0 aliphatic carbocycles. The summed E-state index contributed by atoms with van der Waals surface area (Å²) in [7, 11) is 0. The van der Waals surface area contributed by atoms with Gasteiger partial charge in [-0.3, -0.25) is 0 Å². The monoisotopic (exact) mass is 274 g/mol. The highest BCUT2D eigenvalue weighted by Gasteiger charge is 2.19. The third kappa shape index (κ3) is 3.99. The lowest BCUT2D eigenvalue weighted by atomic mass is 10.0. The smallest absolute Gasteiger partial charge is 0.0371 e. The fraction of sp³-hybridized carbons (Fsp3) is 0.667. The van der Waals surface area contributed by atoms with Crippen LogP contribution in [0.3, 0.4) is 0 Å². The summed E-state index contributed by atoms with van der Waals surface area (Å²) in [6.07, 6.45) is 4.04. The molecule has 1 unspecified atom stereocenters. The summed E-state index contributed by atoms with van der Waals surface area (Å²) in [6, 6.07) is 7.64. The molecule has 112 valence electrons. The van der Waals surface area contributed by atoms with Gasteiger partial charge >= 0.3 is 0 Å². The van der Waals surface area contributed by atoms with Crippen molar-refractivity contribution < 1.29 is 0 Å². The van der Waals surface area contributed by atoms with E-state index in [9.17, 15) is 0 Å². The zero-order chi connectivity index (χ0) is 14.8. The van der Waals surface area contributed by atoms with Gasteiger partial charge in [0.1, 0.15) is 0 Å². The van der Waals surface area contributed by atoms with E-state index in [0.29, 0.717) is 6.04 Å². The first kappa shape index (κ1) is 15.4. The molecule has 0 amide bonds. The molecule has 2 rings (SSSR count). The van der Waals surface area contributed by atoms with Crippen molar-refractivity contribution in [3.05, 3.63) is 29.3 Å². The summed E-state index contributed by atoms with van der Waals surface area (Å²) in [6.45, 7) is 13.4. The van der Waals surface area contributed by atoms with E-state index in [1.54, 1.807) is 0 Å². The lowest BCUT2D eigenvalue weighted by Gasteiger charge is -2.35. The SMILES string of the molecule is Cc1cc(N2CCCCC2C)ccc1CNC(C)(C)C. The molecule has 1 aromatic carbocycles. The molecular formula is C18H30N2. The first-order valence-electron chi connectivity index (χ1n) is 7.98. The number of nitrogens with zero attached hydrogens (tertiary/aromatic N) is 1. The van der Waals surface area contributed by atoms with Crippen molar-refractivity contribution >= 4 is 5.69 Å². The quantitative estimate of drug-likeness (QED) is 0.886. The molecule has 1 aliphatic heterocycles. The van der Waals surface area contributed by atoms with Gasteiger partial charge in [-0.1, -0.05) is 6.07 Å². The van der Waals surface area contributed by atoms with Crippen molar-refractivity contribution in [2.45, 2.75) is 72.0 Å². The Labute approximate surface area is 124 Å². The number of rotatable bonds is 3. The fourth-order valence-corrected chi connectivity index (χ4v) is 2.90. The highest BCUT2D eigenvalue weighted by Crippen LogP contribution is 2.26. The molecule has 0 saturated carbocycles. The Hall–Kier alpha value is -1.02. The van der Waals surface area contributed by atoms with E-state index in [-0.39, 0.29) is 5.54 Å². The van der Waals surface area contributed by atoms with E-state index < -0.39 is 0 Å². The van der Waals surface area contributed by atoms with E-state index in [1.807, 2.05) is 0 Å². The van der Waals surface area contributed by atoms with Crippen LogP contribution in [-0.2, 0) is 6.54 Å². The molecule has 20 heavy (non-hydrogen) atoms. The first-order valence-corrected chi connectivity index (χ1v) is 7.98. The van der Waals surface area contributed by atoms with Crippen LogP contribution in [0.15, 0.2) is 18.2 Å². The molecule has 1 N–H and O–H groups in total. The molecule has 2 heteroatoms. The van der Waals surface area contributed by atoms with Gasteiger partial charge in [0, 0.05) is 30.4 Å². The molecule has 0 spiro atoms. The maximum Gasteiger partial charge on any atom is 0.0371 e. The molecule has 0 bridgehead atoms. The van der Waals surface area contributed by atoms with Crippen molar-refractivity contribution in [1.82, 2.24) is 5.32 Å². The van der Waals surface area contributed by atoms with Crippen molar-refractivity contribution in [2.24, 2.45) is 0 Å². The van der Waals surface area contributed by atoms with Crippen molar-refractivity contribution in [3.8, 4) is 0 Å². The largest absolute Gasteiger partial charge is 0.369 e. The number of hydrogen-bond acceptors (Lipinski definition) is 2. The molecule has 1 fully saturated rings. The normalized spacial score (nSPS) is 20.2. The van der Waals surface area contributed by atoms with Crippen LogP contribution >= 0.6 is 0 Å². The zero-order valence-electron chi connectivity index (χ0n) is 13.8. The van der Waals surface area contributed by atoms with Gasteiger partial charge in [0.25, 0.3) is 0 Å². The van der Waals surface area contributed by atoms with Gasteiger partial charge in [0.15, 0.2) is 0 Å². The van der Waals surface area contributed by atoms with Gasteiger partial charge in [-0.15, -0.1) is 0 Å².